The molecule has 19 heavy (non-hydrogen) atoms. The number of hydrogen-bond acceptors (Lipinski definition) is 3. The summed E-state index contributed by atoms with van der Waals surface area (Å²) in [6.07, 6.45) is 6.99. The lowest BCUT2D eigenvalue weighted by molar-refractivity contribution is -0.741. The highest BCUT2D eigenvalue weighted by Crippen LogP contribution is 2.30. The monoisotopic (exact) mass is 264 g/mol. The van der Waals surface area contributed by atoms with Crippen LogP contribution in [-0.2, 0) is 11.3 Å². The van der Waals surface area contributed by atoms with Gasteiger partial charge in [0.1, 0.15) is 6.54 Å². The molecule has 5 nitrogen and oxygen atoms in total. The van der Waals surface area contributed by atoms with E-state index < -0.39 is 5.97 Å². The summed E-state index contributed by atoms with van der Waals surface area (Å²) < 4.78 is 1.74. The highest BCUT2D eigenvalue weighted by Gasteiger charge is 2.19. The van der Waals surface area contributed by atoms with Gasteiger partial charge in [0.25, 0.3) is 5.82 Å². The Balaban J connectivity index is 2.03. The van der Waals surface area contributed by atoms with E-state index in [0.717, 1.165) is 5.69 Å². The largest absolute Gasteiger partial charge is 0.481 e. The molecule has 104 valence electrons. The molecular weight excluding hydrogens is 242 g/mol. The molecule has 1 aromatic rings. The number of nitrogens with two attached hydrogens (primary N) is 1. The molecule has 0 saturated heterocycles. The highest BCUT2D eigenvalue weighted by atomic mass is 16.4. The summed E-state index contributed by atoms with van der Waals surface area (Å²) in [6, 6.07) is 3.90. The van der Waals surface area contributed by atoms with Gasteiger partial charge in [-0.2, -0.15) is 0 Å². The first-order valence-corrected chi connectivity index (χ1v) is 7.05. The van der Waals surface area contributed by atoms with Crippen LogP contribution in [0.5, 0.6) is 0 Å². The number of nitrogen functional groups attached to an aromatic ring is 1. The molecule has 5 heteroatoms. The maximum absolute atomic E-state index is 10.5. The van der Waals surface area contributed by atoms with Crippen LogP contribution in [0.25, 0.3) is 0 Å². The maximum Gasteiger partial charge on any atom is 0.303 e. The first-order chi connectivity index (χ1) is 9.16. The molecule has 1 aliphatic carbocycles. The van der Waals surface area contributed by atoms with Crippen molar-refractivity contribution in [1.82, 2.24) is 5.10 Å². The molecule has 0 aliphatic heterocycles. The number of anilines is 1. The molecular formula is C14H22N3O2+. The van der Waals surface area contributed by atoms with Gasteiger partial charge in [0.15, 0.2) is 0 Å². The van der Waals surface area contributed by atoms with E-state index in [1.807, 2.05) is 12.1 Å². The van der Waals surface area contributed by atoms with Crippen molar-refractivity contribution >= 4 is 11.8 Å². The van der Waals surface area contributed by atoms with Crippen LogP contribution < -0.4 is 10.4 Å². The lowest BCUT2D eigenvalue weighted by atomic mass is 9.87. The normalized spacial score (nSPS) is 16.4. The fourth-order valence-corrected chi connectivity index (χ4v) is 2.66. The number of carboxylic acid groups (broad SMARTS) is 1. The zero-order valence-electron chi connectivity index (χ0n) is 11.2. The standard InChI is InChI=1S/C14H21N3O2/c15-13-9-8-12(11-5-2-1-3-6-11)16-17(13)10-4-7-14(18)19/h8-9,11,15H,1-7,10H2,(H,18,19)/p+1. The van der Waals surface area contributed by atoms with Gasteiger partial charge in [-0.1, -0.05) is 24.4 Å². The number of aromatic nitrogens is 2. The second kappa shape index (κ2) is 6.50. The molecule has 3 N–H and O–H groups in total. The number of aliphatic carboxylic acids is 1. The average Bonchev–Trinajstić information content (AvgIpc) is 2.41. The zero-order valence-corrected chi connectivity index (χ0v) is 11.2. The van der Waals surface area contributed by atoms with Crippen LogP contribution in [0.15, 0.2) is 12.1 Å². The van der Waals surface area contributed by atoms with E-state index in [2.05, 4.69) is 5.10 Å². The minimum Gasteiger partial charge on any atom is -0.481 e. The molecule has 1 fully saturated rings. The quantitative estimate of drug-likeness (QED) is 0.795. The summed E-state index contributed by atoms with van der Waals surface area (Å²) in [5, 5.41) is 13.2. The van der Waals surface area contributed by atoms with Gasteiger partial charge >= 0.3 is 5.97 Å². The van der Waals surface area contributed by atoms with Gasteiger partial charge in [0.05, 0.1) is 5.69 Å². The third-order valence-electron chi connectivity index (χ3n) is 3.74. The molecule has 0 atom stereocenters. The van der Waals surface area contributed by atoms with Crippen LogP contribution in [-0.4, -0.2) is 16.2 Å². The Morgan fingerprint density at radius 3 is 2.79 bits per heavy atom. The van der Waals surface area contributed by atoms with E-state index in [4.69, 9.17) is 10.8 Å². The number of carboxylic acids is 1. The fraction of sp³-hybridized carbons (Fsp3) is 0.643. The molecule has 0 radical (unpaired) electrons. The predicted molar refractivity (Wildman–Crippen MR) is 71.5 cm³/mol. The van der Waals surface area contributed by atoms with Crippen molar-refractivity contribution in [3.05, 3.63) is 17.8 Å². The van der Waals surface area contributed by atoms with E-state index in [1.54, 1.807) is 4.68 Å². The smallest absolute Gasteiger partial charge is 0.303 e. The van der Waals surface area contributed by atoms with Gasteiger partial charge < -0.3 is 5.11 Å². The predicted octanol–water partition coefficient (Wildman–Crippen LogP) is 1.86. The minimum absolute atomic E-state index is 0.155. The number of hydrogen-bond donors (Lipinski definition) is 2. The topological polar surface area (TPSA) is 80.1 Å². The number of aryl methyl sites for hydroxylation is 1. The molecule has 1 aliphatic rings. The molecule has 0 aromatic carbocycles. The lowest BCUT2D eigenvalue weighted by Gasteiger charge is -2.20. The fourth-order valence-electron chi connectivity index (χ4n) is 2.66. The second-order valence-corrected chi connectivity index (χ2v) is 5.24. The van der Waals surface area contributed by atoms with Crippen LogP contribution in [0.4, 0.5) is 5.82 Å². The molecule has 1 aromatic heterocycles. The Kier molecular flexibility index (Phi) is 4.71. The van der Waals surface area contributed by atoms with Gasteiger partial charge in [0, 0.05) is 18.4 Å². The first kappa shape index (κ1) is 13.8. The molecule has 1 heterocycles. The number of rotatable bonds is 5. The Morgan fingerprint density at radius 2 is 2.11 bits per heavy atom. The SMILES string of the molecule is Nc1ccc(C2CCCCC2)n[n+]1CCCC(=O)O. The van der Waals surface area contributed by atoms with Gasteiger partial charge in [-0.15, -0.1) is 4.68 Å². The average molecular weight is 264 g/mol. The third-order valence-corrected chi connectivity index (χ3v) is 3.74. The van der Waals surface area contributed by atoms with E-state index in [-0.39, 0.29) is 6.42 Å². The Bertz CT molecular complexity index is 442. The van der Waals surface area contributed by atoms with Gasteiger partial charge in [-0.25, -0.2) is 0 Å². The number of carbonyl (C=O) groups is 1. The van der Waals surface area contributed by atoms with Crippen LogP contribution in [0.3, 0.4) is 0 Å². The molecule has 0 spiro atoms. The Hall–Kier alpha value is -1.65. The summed E-state index contributed by atoms with van der Waals surface area (Å²) in [6.45, 7) is 0.568. The van der Waals surface area contributed by atoms with Gasteiger partial charge in [-0.3, -0.25) is 10.5 Å². The molecule has 0 amide bonds. The number of nitrogens with zero attached hydrogens (tertiary/aromatic N) is 2. The maximum atomic E-state index is 10.5. The molecule has 1 saturated carbocycles. The molecule has 2 rings (SSSR count). The van der Waals surface area contributed by atoms with Crippen LogP contribution in [0.1, 0.15) is 56.6 Å². The van der Waals surface area contributed by atoms with Crippen molar-refractivity contribution in [2.45, 2.75) is 57.4 Å². The van der Waals surface area contributed by atoms with Crippen LogP contribution in [0, 0.1) is 0 Å². The van der Waals surface area contributed by atoms with Crippen molar-refractivity contribution in [3.63, 3.8) is 0 Å². The summed E-state index contributed by atoms with van der Waals surface area (Å²) in [7, 11) is 0. The van der Waals surface area contributed by atoms with E-state index in [0.29, 0.717) is 24.7 Å². The van der Waals surface area contributed by atoms with Gasteiger partial charge in [0.2, 0.25) is 0 Å². The summed E-state index contributed by atoms with van der Waals surface area (Å²) >= 11 is 0. The highest BCUT2D eigenvalue weighted by molar-refractivity contribution is 5.66. The van der Waals surface area contributed by atoms with Crippen LogP contribution in [0.2, 0.25) is 0 Å². The zero-order chi connectivity index (χ0) is 13.7. The van der Waals surface area contributed by atoms with Crippen molar-refractivity contribution in [3.8, 4) is 0 Å². The van der Waals surface area contributed by atoms with Crippen molar-refractivity contribution < 1.29 is 14.6 Å². The van der Waals surface area contributed by atoms with Crippen molar-refractivity contribution in [1.29, 1.82) is 0 Å². The van der Waals surface area contributed by atoms with E-state index in [1.165, 1.54) is 32.1 Å². The summed E-state index contributed by atoms with van der Waals surface area (Å²) in [5.74, 6) is 0.368. The first-order valence-electron chi connectivity index (χ1n) is 7.05. The summed E-state index contributed by atoms with van der Waals surface area (Å²) in [5.41, 5.74) is 6.99. The Morgan fingerprint density at radius 1 is 1.37 bits per heavy atom. The third kappa shape index (κ3) is 3.91. The molecule has 0 unspecified atom stereocenters. The van der Waals surface area contributed by atoms with E-state index >= 15 is 0 Å². The summed E-state index contributed by atoms with van der Waals surface area (Å²) in [4.78, 5) is 10.5. The Labute approximate surface area is 113 Å². The van der Waals surface area contributed by atoms with Crippen molar-refractivity contribution in [2.24, 2.45) is 0 Å². The second-order valence-electron chi connectivity index (χ2n) is 5.24. The van der Waals surface area contributed by atoms with Crippen molar-refractivity contribution in [2.75, 3.05) is 5.73 Å². The lowest BCUT2D eigenvalue weighted by Crippen LogP contribution is -2.42. The minimum atomic E-state index is -0.775. The van der Waals surface area contributed by atoms with Crippen LogP contribution >= 0.6 is 0 Å². The van der Waals surface area contributed by atoms with Gasteiger partial charge in [-0.05, 0) is 25.3 Å². The van der Waals surface area contributed by atoms with E-state index in [9.17, 15) is 4.79 Å². The molecule has 0 bridgehead atoms.